The minimum Gasteiger partial charge on any atom is -0.340 e. The molecule has 0 radical (unpaired) electrons. The summed E-state index contributed by atoms with van der Waals surface area (Å²) in [6.07, 6.45) is -0.0275. The van der Waals surface area contributed by atoms with Crippen LogP contribution in [0.25, 0.3) is 0 Å². The second-order valence-electron chi connectivity index (χ2n) is 5.84. The highest BCUT2D eigenvalue weighted by molar-refractivity contribution is 5.93. The maximum Gasteiger partial charge on any atom is 0.416 e. The molecule has 0 saturated carbocycles. The average molecular weight is 350 g/mol. The van der Waals surface area contributed by atoms with Crippen molar-refractivity contribution in [2.24, 2.45) is 0 Å². The molecule has 1 aliphatic heterocycles. The van der Waals surface area contributed by atoms with Gasteiger partial charge in [0.25, 0.3) is 5.91 Å². The fourth-order valence-corrected chi connectivity index (χ4v) is 2.69. The zero-order valence-corrected chi connectivity index (χ0v) is 13.4. The van der Waals surface area contributed by atoms with Crippen molar-refractivity contribution in [3.63, 3.8) is 0 Å². The van der Waals surface area contributed by atoms with Crippen LogP contribution in [-0.2, 0) is 6.18 Å². The number of aromatic nitrogens is 2. The van der Waals surface area contributed by atoms with E-state index < -0.39 is 11.7 Å². The summed E-state index contributed by atoms with van der Waals surface area (Å²) in [7, 11) is 0. The highest BCUT2D eigenvalue weighted by Crippen LogP contribution is 2.30. The largest absolute Gasteiger partial charge is 0.416 e. The number of benzene rings is 1. The van der Waals surface area contributed by atoms with Crippen molar-refractivity contribution in [3.05, 3.63) is 47.9 Å². The number of amides is 1. The highest BCUT2D eigenvalue weighted by Gasteiger charge is 2.30. The Bertz CT molecular complexity index is 740. The predicted molar refractivity (Wildman–Crippen MR) is 86.5 cm³/mol. The Morgan fingerprint density at radius 3 is 2.36 bits per heavy atom. The van der Waals surface area contributed by atoms with E-state index in [-0.39, 0.29) is 11.6 Å². The summed E-state index contributed by atoms with van der Waals surface area (Å²) in [6, 6.07) is 6.12. The number of anilines is 2. The molecule has 1 aromatic carbocycles. The molecule has 1 aliphatic rings. The zero-order valence-electron chi connectivity index (χ0n) is 13.4. The van der Waals surface area contributed by atoms with E-state index in [2.05, 4.69) is 15.3 Å². The molecule has 0 aliphatic carbocycles. The summed E-state index contributed by atoms with van der Waals surface area (Å²) >= 11 is 0. The number of likely N-dealkylation sites (tertiary alicyclic amines) is 1. The number of carbonyl (C=O) groups excluding carboxylic acids is 1. The second kappa shape index (κ2) is 7.08. The number of nitrogens with one attached hydrogen (secondary N) is 1. The standard InChI is InChI=1S/C17H17F3N4O/c18-17(19,20)12-4-6-13(7-5-12)23-15-10-14(21-11-22-15)16(25)24-8-2-1-3-9-24/h4-7,10-11H,1-3,8-9H2,(H,21,22,23). The molecular weight excluding hydrogens is 333 g/mol. The number of rotatable bonds is 3. The average Bonchev–Trinajstić information content (AvgIpc) is 2.62. The minimum absolute atomic E-state index is 0.155. The van der Waals surface area contributed by atoms with Gasteiger partial charge in [0.2, 0.25) is 0 Å². The topological polar surface area (TPSA) is 58.1 Å². The molecule has 3 rings (SSSR count). The lowest BCUT2D eigenvalue weighted by atomic mass is 10.1. The third kappa shape index (κ3) is 4.26. The number of alkyl halides is 3. The fraction of sp³-hybridized carbons (Fsp3) is 0.353. The van der Waals surface area contributed by atoms with Crippen LogP contribution in [0.1, 0.15) is 35.3 Å². The summed E-state index contributed by atoms with van der Waals surface area (Å²) in [5, 5.41) is 2.89. The van der Waals surface area contributed by atoms with E-state index in [0.717, 1.165) is 31.4 Å². The van der Waals surface area contributed by atoms with Crippen LogP contribution in [0.4, 0.5) is 24.7 Å². The number of carbonyl (C=O) groups is 1. The lowest BCUT2D eigenvalue weighted by molar-refractivity contribution is -0.137. The minimum atomic E-state index is -4.37. The van der Waals surface area contributed by atoms with Gasteiger partial charge in [-0.25, -0.2) is 9.97 Å². The molecule has 1 fully saturated rings. The summed E-state index contributed by atoms with van der Waals surface area (Å²) in [4.78, 5) is 22.2. The number of halogens is 3. The van der Waals surface area contributed by atoms with Crippen LogP contribution in [0.15, 0.2) is 36.7 Å². The molecule has 8 heteroatoms. The molecule has 0 bridgehead atoms. The molecule has 1 amide bonds. The van der Waals surface area contributed by atoms with Crippen LogP contribution in [0.2, 0.25) is 0 Å². The first-order valence-electron chi connectivity index (χ1n) is 7.99. The third-order valence-electron chi connectivity index (χ3n) is 4.01. The Labute approximate surface area is 142 Å². The van der Waals surface area contributed by atoms with Crippen molar-refractivity contribution in [2.45, 2.75) is 25.4 Å². The first kappa shape index (κ1) is 17.2. The number of hydrogen-bond acceptors (Lipinski definition) is 4. The normalized spacial score (nSPS) is 15.1. The van der Waals surface area contributed by atoms with Crippen LogP contribution >= 0.6 is 0 Å². The Morgan fingerprint density at radius 2 is 1.72 bits per heavy atom. The Balaban J connectivity index is 1.72. The molecule has 25 heavy (non-hydrogen) atoms. The van der Waals surface area contributed by atoms with E-state index in [0.29, 0.717) is 24.6 Å². The van der Waals surface area contributed by atoms with Crippen LogP contribution in [-0.4, -0.2) is 33.9 Å². The molecule has 0 unspecified atom stereocenters. The maximum atomic E-state index is 12.6. The Morgan fingerprint density at radius 1 is 1.04 bits per heavy atom. The quantitative estimate of drug-likeness (QED) is 0.913. The van der Waals surface area contributed by atoms with Crippen LogP contribution < -0.4 is 5.32 Å². The zero-order chi connectivity index (χ0) is 17.9. The number of hydrogen-bond donors (Lipinski definition) is 1. The summed E-state index contributed by atoms with van der Waals surface area (Å²) < 4.78 is 37.7. The monoisotopic (exact) mass is 350 g/mol. The van der Waals surface area contributed by atoms with Gasteiger partial charge < -0.3 is 10.2 Å². The van der Waals surface area contributed by atoms with Gasteiger partial charge in [0.15, 0.2) is 0 Å². The van der Waals surface area contributed by atoms with Gasteiger partial charge in [-0.3, -0.25) is 4.79 Å². The van der Waals surface area contributed by atoms with Crippen molar-refractivity contribution in [1.29, 1.82) is 0 Å². The molecular formula is C17H17F3N4O. The molecule has 1 saturated heterocycles. The second-order valence-corrected chi connectivity index (χ2v) is 5.84. The van der Waals surface area contributed by atoms with E-state index in [1.807, 2.05) is 0 Å². The van der Waals surface area contributed by atoms with Crippen molar-refractivity contribution in [3.8, 4) is 0 Å². The molecule has 1 N–H and O–H groups in total. The first-order valence-corrected chi connectivity index (χ1v) is 7.99. The molecule has 0 atom stereocenters. The molecule has 1 aromatic heterocycles. The van der Waals surface area contributed by atoms with E-state index in [9.17, 15) is 18.0 Å². The van der Waals surface area contributed by atoms with Gasteiger partial charge in [0.05, 0.1) is 5.56 Å². The Kier molecular flexibility index (Phi) is 4.87. The van der Waals surface area contributed by atoms with Gasteiger partial charge >= 0.3 is 6.18 Å². The number of nitrogens with zero attached hydrogens (tertiary/aromatic N) is 3. The van der Waals surface area contributed by atoms with Crippen molar-refractivity contribution in [2.75, 3.05) is 18.4 Å². The Hall–Kier alpha value is -2.64. The smallest absolute Gasteiger partial charge is 0.340 e. The predicted octanol–water partition coefficient (Wildman–Crippen LogP) is 3.87. The SMILES string of the molecule is O=C(c1cc(Nc2ccc(C(F)(F)F)cc2)ncn1)N1CCCCC1. The summed E-state index contributed by atoms with van der Waals surface area (Å²) in [6.45, 7) is 1.43. The van der Waals surface area contributed by atoms with Crippen molar-refractivity contribution < 1.29 is 18.0 Å². The fourth-order valence-electron chi connectivity index (χ4n) is 2.69. The molecule has 5 nitrogen and oxygen atoms in total. The number of piperidine rings is 1. The van der Waals surface area contributed by atoms with Crippen molar-refractivity contribution in [1.82, 2.24) is 14.9 Å². The molecule has 2 heterocycles. The van der Waals surface area contributed by atoms with Crippen LogP contribution in [0.5, 0.6) is 0 Å². The van der Waals surface area contributed by atoms with E-state index in [4.69, 9.17) is 0 Å². The third-order valence-corrected chi connectivity index (χ3v) is 4.01. The van der Waals surface area contributed by atoms with Crippen LogP contribution in [0.3, 0.4) is 0 Å². The molecule has 132 valence electrons. The van der Waals surface area contributed by atoms with Gasteiger partial charge in [-0.15, -0.1) is 0 Å². The molecule has 2 aromatic rings. The lowest BCUT2D eigenvalue weighted by Crippen LogP contribution is -2.36. The van der Waals surface area contributed by atoms with Gasteiger partial charge in [-0.2, -0.15) is 13.2 Å². The van der Waals surface area contributed by atoms with E-state index >= 15 is 0 Å². The molecule has 0 spiro atoms. The van der Waals surface area contributed by atoms with Gasteiger partial charge in [-0.05, 0) is 43.5 Å². The van der Waals surface area contributed by atoms with E-state index in [1.165, 1.54) is 24.5 Å². The highest BCUT2D eigenvalue weighted by atomic mass is 19.4. The van der Waals surface area contributed by atoms with Gasteiger partial charge in [-0.1, -0.05) is 0 Å². The first-order chi connectivity index (χ1) is 11.9. The van der Waals surface area contributed by atoms with Crippen molar-refractivity contribution >= 4 is 17.4 Å². The van der Waals surface area contributed by atoms with E-state index in [1.54, 1.807) is 4.90 Å². The maximum absolute atomic E-state index is 12.6. The van der Waals surface area contributed by atoms with Crippen LogP contribution in [0, 0.1) is 0 Å². The lowest BCUT2D eigenvalue weighted by Gasteiger charge is -2.26. The summed E-state index contributed by atoms with van der Waals surface area (Å²) in [5.74, 6) is 0.202. The van der Waals surface area contributed by atoms with Gasteiger partial charge in [0, 0.05) is 24.8 Å². The summed E-state index contributed by atoms with van der Waals surface area (Å²) in [5.41, 5.74) is -0.00362. The van der Waals surface area contributed by atoms with Gasteiger partial charge in [0.1, 0.15) is 17.8 Å².